The fourth-order valence-electron chi connectivity index (χ4n) is 4.56. The van der Waals surface area contributed by atoms with E-state index in [4.69, 9.17) is 10.5 Å². The number of hydrogen-bond donors (Lipinski definition) is 1. The molecule has 2 aromatic rings. The molecule has 4 atom stereocenters. The van der Waals surface area contributed by atoms with Gasteiger partial charge < -0.3 is 10.5 Å². The van der Waals surface area contributed by atoms with Gasteiger partial charge in [0.05, 0.1) is 6.04 Å². The molecule has 4 heteroatoms. The van der Waals surface area contributed by atoms with Crippen LogP contribution in [0.15, 0.2) is 60.7 Å². The Kier molecular flexibility index (Phi) is 4.93. The molecule has 1 saturated heterocycles. The molecule has 26 heavy (non-hydrogen) atoms. The number of hydrogen-bond acceptors (Lipinski definition) is 3. The van der Waals surface area contributed by atoms with Crippen molar-refractivity contribution in [3.8, 4) is 0 Å². The number of carbonyl (C=O) groups excluding carboxylic acids is 1. The van der Waals surface area contributed by atoms with Crippen molar-refractivity contribution < 1.29 is 9.53 Å². The molecule has 0 unspecified atom stereocenters. The van der Waals surface area contributed by atoms with Crippen molar-refractivity contribution >= 4 is 6.09 Å². The summed E-state index contributed by atoms with van der Waals surface area (Å²) in [5.41, 5.74) is 8.75. The smallest absolute Gasteiger partial charge is 0.410 e. The maximum Gasteiger partial charge on any atom is 0.410 e. The minimum absolute atomic E-state index is 0.0433. The Morgan fingerprint density at radius 2 is 1.73 bits per heavy atom. The van der Waals surface area contributed by atoms with Crippen molar-refractivity contribution in [3.05, 3.63) is 71.8 Å². The standard InChI is InChI=1S/C22H26N2O2/c23-20-18-12-7-13-19(14-18)24(21(20)17-10-5-2-6-11-17)22(25)26-15-16-8-3-1-4-9-16/h1-6,8-11,18-21H,7,12-15,23H2/t18-,19+,20+,21+/m1/s1. The number of piperidine rings is 1. The minimum atomic E-state index is -0.247. The summed E-state index contributed by atoms with van der Waals surface area (Å²) in [6, 6.07) is 20.1. The Balaban J connectivity index is 1.58. The van der Waals surface area contributed by atoms with Gasteiger partial charge in [-0.3, -0.25) is 4.90 Å². The van der Waals surface area contributed by atoms with E-state index in [1.54, 1.807) is 0 Å². The number of amides is 1. The summed E-state index contributed by atoms with van der Waals surface area (Å²) in [5.74, 6) is 0.483. The molecule has 1 amide bonds. The molecule has 0 spiro atoms. The van der Waals surface area contributed by atoms with E-state index in [1.165, 1.54) is 0 Å². The first-order chi connectivity index (χ1) is 12.7. The van der Waals surface area contributed by atoms with Gasteiger partial charge in [0.1, 0.15) is 6.61 Å². The van der Waals surface area contributed by atoms with Gasteiger partial charge in [0.15, 0.2) is 0 Å². The van der Waals surface area contributed by atoms with Crippen molar-refractivity contribution in [3.63, 3.8) is 0 Å². The molecule has 1 aliphatic heterocycles. The third-order valence-electron chi connectivity index (χ3n) is 5.85. The molecule has 1 aliphatic carbocycles. The Morgan fingerprint density at radius 1 is 1.04 bits per heavy atom. The number of nitrogens with two attached hydrogens (primary N) is 1. The molecule has 0 aromatic heterocycles. The van der Waals surface area contributed by atoms with Crippen LogP contribution in [0, 0.1) is 5.92 Å². The molecule has 1 heterocycles. The lowest BCUT2D eigenvalue weighted by Crippen LogP contribution is -2.58. The SMILES string of the molecule is N[C@H]1[C@@H]2CCC[C@@H](C2)N(C(=O)OCc2ccccc2)[C@H]1c1ccccc1. The third kappa shape index (κ3) is 3.34. The summed E-state index contributed by atoms with van der Waals surface area (Å²) in [6.07, 6.45) is 4.07. The van der Waals surface area contributed by atoms with Gasteiger partial charge in [-0.1, -0.05) is 67.1 Å². The van der Waals surface area contributed by atoms with Crippen LogP contribution in [0.4, 0.5) is 4.79 Å². The van der Waals surface area contributed by atoms with E-state index in [9.17, 15) is 4.79 Å². The second-order valence-electron chi connectivity index (χ2n) is 7.46. The third-order valence-corrected chi connectivity index (χ3v) is 5.85. The van der Waals surface area contributed by atoms with Gasteiger partial charge in [0, 0.05) is 12.1 Å². The lowest BCUT2D eigenvalue weighted by atomic mass is 9.72. The average molecular weight is 350 g/mol. The maximum atomic E-state index is 13.0. The van der Waals surface area contributed by atoms with Crippen LogP contribution in [0.3, 0.4) is 0 Å². The van der Waals surface area contributed by atoms with Gasteiger partial charge in [0.25, 0.3) is 0 Å². The first-order valence-corrected chi connectivity index (χ1v) is 9.53. The molecule has 0 radical (unpaired) electrons. The van der Waals surface area contributed by atoms with Crippen LogP contribution in [0.25, 0.3) is 0 Å². The van der Waals surface area contributed by atoms with E-state index in [0.717, 1.165) is 36.8 Å². The highest BCUT2D eigenvalue weighted by Gasteiger charge is 2.46. The largest absolute Gasteiger partial charge is 0.445 e. The summed E-state index contributed by atoms with van der Waals surface area (Å²) in [4.78, 5) is 15.0. The van der Waals surface area contributed by atoms with Crippen molar-refractivity contribution in [1.82, 2.24) is 4.90 Å². The maximum absolute atomic E-state index is 13.0. The monoisotopic (exact) mass is 350 g/mol. The number of nitrogens with zero attached hydrogens (tertiary/aromatic N) is 1. The van der Waals surface area contributed by atoms with Crippen LogP contribution >= 0.6 is 0 Å². The average Bonchev–Trinajstić information content (AvgIpc) is 2.70. The molecule has 2 aromatic carbocycles. The Morgan fingerprint density at radius 3 is 2.46 bits per heavy atom. The topological polar surface area (TPSA) is 55.6 Å². The summed E-state index contributed by atoms with van der Waals surface area (Å²) in [5, 5.41) is 0. The van der Waals surface area contributed by atoms with Gasteiger partial charge in [-0.25, -0.2) is 4.79 Å². The minimum Gasteiger partial charge on any atom is -0.445 e. The zero-order valence-electron chi connectivity index (χ0n) is 15.0. The van der Waals surface area contributed by atoms with Gasteiger partial charge in [0.2, 0.25) is 0 Å². The molecule has 4 nitrogen and oxygen atoms in total. The van der Waals surface area contributed by atoms with Crippen molar-refractivity contribution in [2.24, 2.45) is 11.7 Å². The summed E-state index contributed by atoms with van der Waals surface area (Å²) in [6.45, 7) is 0.295. The van der Waals surface area contributed by atoms with Crippen LogP contribution in [-0.4, -0.2) is 23.1 Å². The van der Waals surface area contributed by atoms with Crippen LogP contribution in [0.5, 0.6) is 0 Å². The Bertz CT molecular complexity index is 734. The molecule has 2 N–H and O–H groups in total. The number of rotatable bonds is 3. The summed E-state index contributed by atoms with van der Waals surface area (Å²) >= 11 is 0. The van der Waals surface area contributed by atoms with Crippen molar-refractivity contribution in [2.75, 3.05) is 0 Å². The van der Waals surface area contributed by atoms with E-state index in [0.29, 0.717) is 12.5 Å². The summed E-state index contributed by atoms with van der Waals surface area (Å²) < 4.78 is 5.69. The molecule has 2 fully saturated rings. The predicted molar refractivity (Wildman–Crippen MR) is 101 cm³/mol. The van der Waals surface area contributed by atoms with Crippen molar-refractivity contribution in [2.45, 2.75) is 50.4 Å². The lowest BCUT2D eigenvalue weighted by molar-refractivity contribution is -0.00357. The van der Waals surface area contributed by atoms with Gasteiger partial charge in [-0.2, -0.15) is 0 Å². The molecule has 4 rings (SSSR count). The number of carbonyl (C=O) groups is 1. The number of ether oxygens (including phenoxy) is 1. The summed E-state index contributed by atoms with van der Waals surface area (Å²) in [7, 11) is 0. The zero-order chi connectivity index (χ0) is 17.9. The van der Waals surface area contributed by atoms with E-state index >= 15 is 0 Å². The molecule has 2 bridgehead atoms. The van der Waals surface area contributed by atoms with Crippen LogP contribution in [0.1, 0.15) is 42.9 Å². The molecular formula is C22H26N2O2. The van der Waals surface area contributed by atoms with E-state index in [1.807, 2.05) is 53.4 Å². The quantitative estimate of drug-likeness (QED) is 0.899. The number of fused-ring (bicyclic) bond motifs is 2. The van der Waals surface area contributed by atoms with E-state index in [2.05, 4.69) is 12.1 Å². The normalized spacial score (nSPS) is 27.8. The number of likely N-dealkylation sites (tertiary alicyclic amines) is 1. The zero-order valence-corrected chi connectivity index (χ0v) is 15.0. The lowest BCUT2D eigenvalue weighted by Gasteiger charge is -2.51. The molecule has 2 aliphatic rings. The first-order valence-electron chi connectivity index (χ1n) is 9.53. The van der Waals surface area contributed by atoms with Gasteiger partial charge in [-0.05, 0) is 36.3 Å². The van der Waals surface area contributed by atoms with Crippen LogP contribution in [0.2, 0.25) is 0 Å². The Labute approximate surface area is 155 Å². The Hall–Kier alpha value is -2.33. The van der Waals surface area contributed by atoms with Crippen molar-refractivity contribution in [1.29, 1.82) is 0 Å². The number of benzene rings is 2. The fourth-order valence-corrected chi connectivity index (χ4v) is 4.56. The van der Waals surface area contributed by atoms with Gasteiger partial charge >= 0.3 is 6.09 Å². The van der Waals surface area contributed by atoms with Crippen LogP contribution < -0.4 is 5.73 Å². The first kappa shape index (κ1) is 17.1. The van der Waals surface area contributed by atoms with E-state index in [-0.39, 0.29) is 24.2 Å². The van der Waals surface area contributed by atoms with Crippen LogP contribution in [-0.2, 0) is 11.3 Å². The molecule has 1 saturated carbocycles. The fraction of sp³-hybridized carbons (Fsp3) is 0.409. The van der Waals surface area contributed by atoms with E-state index < -0.39 is 0 Å². The van der Waals surface area contributed by atoms with Gasteiger partial charge in [-0.15, -0.1) is 0 Å². The predicted octanol–water partition coefficient (Wildman–Crippen LogP) is 4.27. The highest BCUT2D eigenvalue weighted by atomic mass is 16.6. The second kappa shape index (κ2) is 7.50. The molecular weight excluding hydrogens is 324 g/mol. The highest BCUT2D eigenvalue weighted by Crippen LogP contribution is 2.43. The highest BCUT2D eigenvalue weighted by molar-refractivity contribution is 5.69. The second-order valence-corrected chi connectivity index (χ2v) is 7.46. The molecule has 136 valence electrons.